The zero-order valence-electron chi connectivity index (χ0n) is 10.5. The van der Waals surface area contributed by atoms with Gasteiger partial charge in [0.2, 0.25) is 0 Å². The van der Waals surface area contributed by atoms with E-state index in [4.69, 9.17) is 20.6 Å². The molecule has 0 spiro atoms. The first-order valence-electron chi connectivity index (χ1n) is 5.80. The third-order valence-electron chi connectivity index (χ3n) is 2.92. The molecule has 3 N–H and O–H groups in total. The molecule has 1 aromatic carbocycles. The Morgan fingerprint density at radius 2 is 2.05 bits per heavy atom. The quantitative estimate of drug-likeness (QED) is 0.620. The molecule has 0 amide bonds. The molecule has 1 heterocycles. The summed E-state index contributed by atoms with van der Waals surface area (Å²) in [6, 6.07) is 4.88. The van der Waals surface area contributed by atoms with Crippen molar-refractivity contribution in [3.05, 3.63) is 23.8 Å². The Hall–Kier alpha value is -1.76. The largest absolute Gasteiger partial charge is 0.497 e. The number of methoxy groups -OCH3 is 1. The number of nitrogens with two attached hydrogens (primary N) is 1. The average Bonchev–Trinajstić information content (AvgIpc) is 2.68. The number of nitrogen functional groups attached to an aromatic ring is 1. The van der Waals surface area contributed by atoms with Crippen molar-refractivity contribution in [3.8, 4) is 11.5 Å². The predicted molar refractivity (Wildman–Crippen MR) is 71.7 cm³/mol. The molecule has 104 valence electrons. The molecule has 6 nitrogen and oxygen atoms in total. The Bertz CT molecular complexity index is 598. The first-order valence-corrected chi connectivity index (χ1v) is 7.62. The molecular weight excluding hydrogens is 268 g/mol. The number of amidine groups is 1. The van der Waals surface area contributed by atoms with Crippen molar-refractivity contribution >= 4 is 15.7 Å². The standard InChI is InChI=1S/C12H16N2O4S/c1-17-10-4-8(12(13)14)5-11(6-10)18-9-2-3-19(15,16)7-9/h4-6,9H,2-3,7H2,1H3,(H3,13,14). The van der Waals surface area contributed by atoms with Crippen LogP contribution in [0.25, 0.3) is 0 Å². The van der Waals surface area contributed by atoms with Gasteiger partial charge in [-0.15, -0.1) is 0 Å². The molecule has 19 heavy (non-hydrogen) atoms. The second-order valence-electron chi connectivity index (χ2n) is 4.45. The van der Waals surface area contributed by atoms with Crippen molar-refractivity contribution < 1.29 is 17.9 Å². The first kappa shape index (κ1) is 13.7. The number of sulfone groups is 1. The van der Waals surface area contributed by atoms with Gasteiger partial charge in [0.25, 0.3) is 0 Å². The van der Waals surface area contributed by atoms with E-state index in [-0.39, 0.29) is 23.4 Å². The first-order chi connectivity index (χ1) is 8.89. The van der Waals surface area contributed by atoms with Crippen LogP contribution in [0.5, 0.6) is 11.5 Å². The Morgan fingerprint density at radius 3 is 2.58 bits per heavy atom. The van der Waals surface area contributed by atoms with E-state index in [2.05, 4.69) is 0 Å². The van der Waals surface area contributed by atoms with Crippen LogP contribution in [-0.4, -0.2) is 39.0 Å². The number of nitrogens with one attached hydrogen (secondary N) is 1. The van der Waals surface area contributed by atoms with Crippen molar-refractivity contribution in [2.24, 2.45) is 5.73 Å². The normalized spacial score (nSPS) is 21.0. The predicted octanol–water partition coefficient (Wildman–Crippen LogP) is 0.545. The van der Waals surface area contributed by atoms with Crippen molar-refractivity contribution in [1.29, 1.82) is 5.41 Å². The van der Waals surface area contributed by atoms with Crippen molar-refractivity contribution in [1.82, 2.24) is 0 Å². The SMILES string of the molecule is COc1cc(OC2CCS(=O)(=O)C2)cc(C(=N)N)c1. The minimum absolute atomic E-state index is 0.0274. The summed E-state index contributed by atoms with van der Waals surface area (Å²) in [5, 5.41) is 7.42. The lowest BCUT2D eigenvalue weighted by Gasteiger charge is -2.14. The molecule has 0 aliphatic carbocycles. The molecule has 1 fully saturated rings. The molecule has 0 saturated carbocycles. The summed E-state index contributed by atoms with van der Waals surface area (Å²) >= 11 is 0. The van der Waals surface area contributed by atoms with Gasteiger partial charge in [-0.05, 0) is 18.6 Å². The monoisotopic (exact) mass is 284 g/mol. The van der Waals surface area contributed by atoms with Crippen LogP contribution < -0.4 is 15.2 Å². The van der Waals surface area contributed by atoms with Gasteiger partial charge < -0.3 is 15.2 Å². The molecule has 1 unspecified atom stereocenters. The molecule has 2 rings (SSSR count). The van der Waals surface area contributed by atoms with E-state index >= 15 is 0 Å². The van der Waals surface area contributed by atoms with Gasteiger partial charge in [0.05, 0.1) is 18.6 Å². The highest BCUT2D eigenvalue weighted by molar-refractivity contribution is 7.91. The molecule has 0 aromatic heterocycles. The highest BCUT2D eigenvalue weighted by Gasteiger charge is 2.29. The van der Waals surface area contributed by atoms with Crippen LogP contribution in [0, 0.1) is 5.41 Å². The van der Waals surface area contributed by atoms with Gasteiger partial charge in [-0.3, -0.25) is 5.41 Å². The topological polar surface area (TPSA) is 102 Å². The summed E-state index contributed by atoms with van der Waals surface area (Å²) in [7, 11) is -1.48. The van der Waals surface area contributed by atoms with Gasteiger partial charge in [-0.2, -0.15) is 0 Å². The van der Waals surface area contributed by atoms with Crippen LogP contribution >= 0.6 is 0 Å². The highest BCUT2D eigenvalue weighted by Crippen LogP contribution is 2.25. The minimum atomic E-state index is -2.98. The zero-order chi connectivity index (χ0) is 14.0. The number of ether oxygens (including phenoxy) is 2. The molecule has 1 aliphatic rings. The van der Waals surface area contributed by atoms with E-state index < -0.39 is 9.84 Å². The minimum Gasteiger partial charge on any atom is -0.497 e. The van der Waals surface area contributed by atoms with Crippen molar-refractivity contribution in [2.45, 2.75) is 12.5 Å². The highest BCUT2D eigenvalue weighted by atomic mass is 32.2. The van der Waals surface area contributed by atoms with E-state index in [0.29, 0.717) is 23.5 Å². The summed E-state index contributed by atoms with van der Waals surface area (Å²) in [5.41, 5.74) is 5.92. The molecular formula is C12H16N2O4S. The van der Waals surface area contributed by atoms with E-state index in [1.54, 1.807) is 18.2 Å². The lowest BCUT2D eigenvalue weighted by Crippen LogP contribution is -2.18. The summed E-state index contributed by atoms with van der Waals surface area (Å²) in [5.74, 6) is 1.07. The van der Waals surface area contributed by atoms with Gasteiger partial charge in [-0.1, -0.05) is 0 Å². The van der Waals surface area contributed by atoms with Crippen LogP contribution in [0.15, 0.2) is 18.2 Å². The maximum absolute atomic E-state index is 11.4. The smallest absolute Gasteiger partial charge is 0.154 e. The molecule has 1 atom stereocenters. The van der Waals surface area contributed by atoms with Crippen molar-refractivity contribution in [2.75, 3.05) is 18.6 Å². The van der Waals surface area contributed by atoms with E-state index in [1.807, 2.05) is 0 Å². The molecule has 1 aromatic rings. The van der Waals surface area contributed by atoms with Gasteiger partial charge >= 0.3 is 0 Å². The summed E-state index contributed by atoms with van der Waals surface area (Å²) in [6.45, 7) is 0. The van der Waals surface area contributed by atoms with Gasteiger partial charge in [0.15, 0.2) is 9.84 Å². The summed E-state index contributed by atoms with van der Waals surface area (Å²) < 4.78 is 33.5. The van der Waals surface area contributed by atoms with Crippen LogP contribution in [0.2, 0.25) is 0 Å². The average molecular weight is 284 g/mol. The second kappa shape index (κ2) is 5.08. The second-order valence-corrected chi connectivity index (χ2v) is 6.68. The van der Waals surface area contributed by atoms with E-state index in [9.17, 15) is 8.42 Å². The maximum Gasteiger partial charge on any atom is 0.154 e. The van der Waals surface area contributed by atoms with Crippen LogP contribution in [0.1, 0.15) is 12.0 Å². The molecule has 1 aliphatic heterocycles. The fourth-order valence-electron chi connectivity index (χ4n) is 1.96. The molecule has 1 saturated heterocycles. The zero-order valence-corrected chi connectivity index (χ0v) is 11.4. The van der Waals surface area contributed by atoms with Gasteiger partial charge in [0.1, 0.15) is 23.4 Å². The number of rotatable bonds is 4. The van der Waals surface area contributed by atoms with Gasteiger partial charge in [-0.25, -0.2) is 8.42 Å². The van der Waals surface area contributed by atoms with Crippen molar-refractivity contribution in [3.63, 3.8) is 0 Å². The van der Waals surface area contributed by atoms with Gasteiger partial charge in [0, 0.05) is 11.6 Å². The molecule has 0 radical (unpaired) electrons. The van der Waals surface area contributed by atoms with Crippen LogP contribution in [0.4, 0.5) is 0 Å². The maximum atomic E-state index is 11.4. The number of hydrogen-bond donors (Lipinski definition) is 2. The van der Waals surface area contributed by atoms with E-state index in [0.717, 1.165) is 0 Å². The fourth-order valence-corrected chi connectivity index (χ4v) is 3.55. The third kappa shape index (κ3) is 3.37. The molecule has 0 bridgehead atoms. The lowest BCUT2D eigenvalue weighted by atomic mass is 10.2. The number of benzene rings is 1. The lowest BCUT2D eigenvalue weighted by molar-refractivity contribution is 0.228. The van der Waals surface area contributed by atoms with E-state index in [1.165, 1.54) is 7.11 Å². The number of hydrogen-bond acceptors (Lipinski definition) is 5. The molecule has 7 heteroatoms. The fraction of sp³-hybridized carbons (Fsp3) is 0.417. The Balaban J connectivity index is 2.20. The Kier molecular flexibility index (Phi) is 3.66. The summed E-state index contributed by atoms with van der Waals surface area (Å²) in [4.78, 5) is 0. The Morgan fingerprint density at radius 1 is 1.37 bits per heavy atom. The third-order valence-corrected chi connectivity index (χ3v) is 4.66. The summed E-state index contributed by atoms with van der Waals surface area (Å²) in [6.07, 6.45) is 0.131. The van der Waals surface area contributed by atoms with Crippen LogP contribution in [-0.2, 0) is 9.84 Å². The Labute approximate surface area is 111 Å². The van der Waals surface area contributed by atoms with Crippen LogP contribution in [0.3, 0.4) is 0 Å².